The molecule has 0 saturated carbocycles. The van der Waals surface area contributed by atoms with Crippen molar-refractivity contribution >= 4 is 23.2 Å². The number of hydrogen-bond acceptors (Lipinski definition) is 5. The van der Waals surface area contributed by atoms with E-state index in [0.29, 0.717) is 28.3 Å². The number of nitrogens with one attached hydrogen (secondary N) is 1. The van der Waals surface area contributed by atoms with Gasteiger partial charge in [0.2, 0.25) is 5.91 Å². The maximum Gasteiger partial charge on any atom is 0.269 e. The normalized spacial score (nSPS) is 10.4. The summed E-state index contributed by atoms with van der Waals surface area (Å²) in [4.78, 5) is 38.8. The van der Waals surface area contributed by atoms with Gasteiger partial charge in [-0.2, -0.15) is 5.26 Å². The first kappa shape index (κ1) is 21.1. The molecule has 2 rings (SSSR count). The summed E-state index contributed by atoms with van der Waals surface area (Å²) in [6.45, 7) is 3.54. The van der Waals surface area contributed by atoms with Crippen LogP contribution < -0.4 is 5.56 Å². The van der Waals surface area contributed by atoms with Gasteiger partial charge in [0.1, 0.15) is 11.6 Å². The Morgan fingerprint density at radius 1 is 1.39 bits per heavy atom. The van der Waals surface area contributed by atoms with E-state index in [2.05, 4.69) is 4.98 Å². The average Bonchev–Trinajstić information content (AvgIpc) is 2.62. The quantitative estimate of drug-likeness (QED) is 0.588. The number of non-ortho nitro benzene ring substituents is 1. The van der Waals surface area contributed by atoms with Crippen molar-refractivity contribution < 1.29 is 9.72 Å². The smallest absolute Gasteiger partial charge is 0.269 e. The number of aromatic amines is 1. The Kier molecular flexibility index (Phi) is 6.54. The van der Waals surface area contributed by atoms with Gasteiger partial charge in [-0.1, -0.05) is 11.6 Å². The molecule has 1 amide bonds. The first-order valence-electron chi connectivity index (χ1n) is 8.45. The van der Waals surface area contributed by atoms with Crippen molar-refractivity contribution in [3.63, 3.8) is 0 Å². The molecule has 0 atom stereocenters. The fourth-order valence-corrected chi connectivity index (χ4v) is 3.16. The van der Waals surface area contributed by atoms with Crippen molar-refractivity contribution in [3.8, 4) is 6.07 Å². The molecule has 146 valence electrons. The van der Waals surface area contributed by atoms with Gasteiger partial charge in [0, 0.05) is 42.9 Å². The molecule has 1 aromatic carbocycles. The lowest BCUT2D eigenvalue weighted by molar-refractivity contribution is -0.384. The van der Waals surface area contributed by atoms with Crippen molar-refractivity contribution in [2.75, 3.05) is 7.05 Å². The Labute approximate surface area is 166 Å². The van der Waals surface area contributed by atoms with E-state index in [1.807, 2.05) is 6.07 Å². The van der Waals surface area contributed by atoms with Gasteiger partial charge >= 0.3 is 0 Å². The van der Waals surface area contributed by atoms with Crippen molar-refractivity contribution in [2.24, 2.45) is 0 Å². The van der Waals surface area contributed by atoms with Gasteiger partial charge < -0.3 is 9.88 Å². The van der Waals surface area contributed by atoms with E-state index in [1.165, 1.54) is 23.1 Å². The predicted molar refractivity (Wildman–Crippen MR) is 104 cm³/mol. The second kappa shape index (κ2) is 8.67. The molecule has 1 heterocycles. The second-order valence-corrected chi connectivity index (χ2v) is 6.86. The molecule has 1 aromatic heterocycles. The van der Waals surface area contributed by atoms with Gasteiger partial charge in [-0.15, -0.1) is 0 Å². The number of aromatic nitrogens is 1. The summed E-state index contributed by atoms with van der Waals surface area (Å²) in [5.74, 6) is -0.189. The Morgan fingerprint density at radius 3 is 2.68 bits per heavy atom. The summed E-state index contributed by atoms with van der Waals surface area (Å²) >= 11 is 6.09. The number of nitro benzene ring substituents is 1. The molecule has 1 N–H and O–H groups in total. The lowest BCUT2D eigenvalue weighted by Gasteiger charge is -2.19. The highest BCUT2D eigenvalue weighted by Crippen LogP contribution is 2.23. The van der Waals surface area contributed by atoms with Crippen molar-refractivity contribution in [2.45, 2.75) is 33.2 Å². The number of hydrogen-bond donors (Lipinski definition) is 1. The van der Waals surface area contributed by atoms with Gasteiger partial charge in [0.05, 0.1) is 4.92 Å². The van der Waals surface area contributed by atoms with Crippen molar-refractivity contribution in [3.05, 3.63) is 71.6 Å². The van der Waals surface area contributed by atoms with Crippen LogP contribution in [0.5, 0.6) is 0 Å². The maximum absolute atomic E-state index is 12.5. The highest BCUT2D eigenvalue weighted by atomic mass is 35.5. The lowest BCUT2D eigenvalue weighted by Crippen LogP contribution is -2.27. The van der Waals surface area contributed by atoms with E-state index in [4.69, 9.17) is 16.9 Å². The average molecular weight is 403 g/mol. The molecule has 8 nitrogen and oxygen atoms in total. The Balaban J connectivity index is 2.13. The van der Waals surface area contributed by atoms with E-state index < -0.39 is 10.5 Å². The molecule has 0 fully saturated rings. The lowest BCUT2D eigenvalue weighted by atomic mass is 9.99. The van der Waals surface area contributed by atoms with Crippen LogP contribution in [-0.2, 0) is 17.8 Å². The highest BCUT2D eigenvalue weighted by Gasteiger charge is 2.17. The number of nitriles is 1. The summed E-state index contributed by atoms with van der Waals surface area (Å²) < 4.78 is 0. The van der Waals surface area contributed by atoms with E-state index >= 15 is 0 Å². The number of rotatable bonds is 6. The molecule has 0 aliphatic carbocycles. The molecule has 0 radical (unpaired) electrons. The van der Waals surface area contributed by atoms with Gasteiger partial charge in [-0.25, -0.2) is 0 Å². The van der Waals surface area contributed by atoms with E-state index in [0.717, 1.165) is 5.56 Å². The summed E-state index contributed by atoms with van der Waals surface area (Å²) in [5.41, 5.74) is 1.94. The first-order valence-corrected chi connectivity index (χ1v) is 8.82. The van der Waals surface area contributed by atoms with Crippen LogP contribution in [0.4, 0.5) is 5.69 Å². The molecule has 28 heavy (non-hydrogen) atoms. The van der Waals surface area contributed by atoms with E-state index in [9.17, 15) is 19.7 Å². The Hall–Kier alpha value is -3.18. The number of H-pyrrole nitrogens is 1. The largest absolute Gasteiger partial charge is 0.341 e. The third kappa shape index (κ3) is 4.56. The molecule has 0 unspecified atom stereocenters. The van der Waals surface area contributed by atoms with Crippen LogP contribution in [0.1, 0.15) is 34.4 Å². The maximum atomic E-state index is 12.5. The fourth-order valence-electron chi connectivity index (χ4n) is 2.98. The number of aryl methyl sites for hydroxylation is 1. The van der Waals surface area contributed by atoms with Gasteiger partial charge in [-0.3, -0.25) is 19.7 Å². The van der Waals surface area contributed by atoms with Crippen LogP contribution in [-0.4, -0.2) is 27.8 Å². The molecule has 0 saturated heterocycles. The zero-order chi connectivity index (χ0) is 21.0. The van der Waals surface area contributed by atoms with Crippen molar-refractivity contribution in [1.29, 1.82) is 5.26 Å². The Morgan fingerprint density at radius 2 is 2.07 bits per heavy atom. The number of carbonyl (C=O) groups is 1. The van der Waals surface area contributed by atoms with Crippen LogP contribution in [0.3, 0.4) is 0 Å². The monoisotopic (exact) mass is 402 g/mol. The van der Waals surface area contributed by atoms with Crippen LogP contribution in [0.15, 0.2) is 23.0 Å². The zero-order valence-electron chi connectivity index (χ0n) is 15.7. The van der Waals surface area contributed by atoms with Crippen LogP contribution in [0, 0.1) is 35.3 Å². The van der Waals surface area contributed by atoms with E-state index in [1.54, 1.807) is 20.9 Å². The SMILES string of the molecule is Cc1[nH]c(=O)c(C#N)c(C)c1CCC(=O)N(C)Cc1cc([N+](=O)[O-])ccc1Cl. The summed E-state index contributed by atoms with van der Waals surface area (Å²) in [6, 6.07) is 5.98. The molecule has 2 aromatic rings. The fraction of sp³-hybridized carbons (Fsp3) is 0.316. The van der Waals surface area contributed by atoms with Crippen LogP contribution in [0.25, 0.3) is 0 Å². The van der Waals surface area contributed by atoms with Crippen molar-refractivity contribution in [1.82, 2.24) is 9.88 Å². The molecule has 9 heteroatoms. The molecular formula is C19H19ClN4O4. The molecule has 0 bridgehead atoms. The first-order chi connectivity index (χ1) is 13.1. The number of benzene rings is 1. The third-order valence-electron chi connectivity index (χ3n) is 4.58. The molecule has 0 spiro atoms. The van der Waals surface area contributed by atoms with Crippen LogP contribution in [0.2, 0.25) is 5.02 Å². The standard InChI is InChI=1S/C19H19ClN4O4/c1-11-15(12(2)22-19(26)16(11)9-21)5-7-18(25)23(3)10-13-8-14(24(27)28)4-6-17(13)20/h4,6,8H,5,7,10H2,1-3H3,(H,22,26). The van der Waals surface area contributed by atoms with Crippen LogP contribution >= 0.6 is 11.6 Å². The molecule has 0 aliphatic rings. The summed E-state index contributed by atoms with van der Waals surface area (Å²) in [6.07, 6.45) is 0.511. The highest BCUT2D eigenvalue weighted by molar-refractivity contribution is 6.31. The third-order valence-corrected chi connectivity index (χ3v) is 4.95. The van der Waals surface area contributed by atoms with Gasteiger partial charge in [0.25, 0.3) is 11.2 Å². The minimum absolute atomic E-state index is 0.0461. The minimum Gasteiger partial charge on any atom is -0.341 e. The predicted octanol–water partition coefficient (Wildman–Crippen LogP) is 3.02. The number of halogens is 1. The van der Waals surface area contributed by atoms with Gasteiger partial charge in [0.15, 0.2) is 0 Å². The topological polar surface area (TPSA) is 120 Å². The number of nitro groups is 1. The molecule has 0 aliphatic heterocycles. The summed E-state index contributed by atoms with van der Waals surface area (Å²) in [7, 11) is 1.59. The second-order valence-electron chi connectivity index (χ2n) is 6.45. The van der Waals surface area contributed by atoms with Gasteiger partial charge in [-0.05, 0) is 43.0 Å². The number of amides is 1. The number of nitrogens with zero attached hydrogens (tertiary/aromatic N) is 3. The van der Waals surface area contributed by atoms with E-state index in [-0.39, 0.29) is 30.1 Å². The number of pyridine rings is 1. The number of carbonyl (C=O) groups excluding carboxylic acids is 1. The zero-order valence-corrected chi connectivity index (χ0v) is 16.5. The summed E-state index contributed by atoms with van der Waals surface area (Å²) in [5, 5.41) is 20.4. The Bertz CT molecular complexity index is 1040. The molecular weight excluding hydrogens is 384 g/mol. The minimum atomic E-state index is -0.518.